The van der Waals surface area contributed by atoms with Crippen molar-refractivity contribution in [2.45, 2.75) is 44.9 Å². The molecule has 1 N–H and O–H groups in total. The van der Waals surface area contributed by atoms with Gasteiger partial charge in [0, 0.05) is 19.1 Å². The van der Waals surface area contributed by atoms with E-state index in [1.165, 1.54) is 25.9 Å². The normalized spacial score (nSPS) is 20.0. The Morgan fingerprint density at radius 1 is 1.18 bits per heavy atom. The number of likely N-dealkylation sites (tertiary alicyclic amines) is 1. The van der Waals surface area contributed by atoms with Gasteiger partial charge in [0.2, 0.25) is 0 Å². The van der Waals surface area contributed by atoms with Crippen LogP contribution in [-0.4, -0.2) is 56.5 Å². The molecule has 0 bridgehead atoms. The molecule has 0 aromatic carbocycles. The van der Waals surface area contributed by atoms with Crippen LogP contribution < -0.4 is 5.32 Å². The highest BCUT2D eigenvalue weighted by atomic mass is 32.2. The van der Waals surface area contributed by atoms with E-state index in [-0.39, 0.29) is 11.0 Å². The third kappa shape index (κ3) is 4.94. The zero-order valence-corrected chi connectivity index (χ0v) is 12.1. The second kappa shape index (κ2) is 6.71. The molecular weight excluding hydrogens is 236 g/mol. The Hall–Kier alpha value is -0.130. The van der Waals surface area contributed by atoms with Gasteiger partial charge in [-0.3, -0.25) is 4.90 Å². The smallest absolute Gasteiger partial charge is 0.153 e. The van der Waals surface area contributed by atoms with E-state index in [1.807, 2.05) is 0 Å². The fourth-order valence-corrected chi connectivity index (χ4v) is 2.97. The van der Waals surface area contributed by atoms with E-state index in [4.69, 9.17) is 0 Å². The van der Waals surface area contributed by atoms with Crippen LogP contribution in [0.5, 0.6) is 0 Å². The van der Waals surface area contributed by atoms with Crippen molar-refractivity contribution in [3.05, 3.63) is 0 Å². The van der Waals surface area contributed by atoms with Crippen molar-refractivity contribution in [2.75, 3.05) is 31.9 Å². The highest BCUT2D eigenvalue weighted by Crippen LogP contribution is 2.10. The van der Waals surface area contributed by atoms with E-state index in [0.29, 0.717) is 12.6 Å². The molecule has 1 fully saturated rings. The van der Waals surface area contributed by atoms with E-state index in [1.54, 1.807) is 13.8 Å². The predicted molar refractivity (Wildman–Crippen MR) is 72.1 cm³/mol. The van der Waals surface area contributed by atoms with Crippen LogP contribution in [0.25, 0.3) is 0 Å². The molecule has 0 aromatic heterocycles. The minimum Gasteiger partial charge on any atom is -0.314 e. The summed E-state index contributed by atoms with van der Waals surface area (Å²) in [6, 6.07) is 0.513. The lowest BCUT2D eigenvalue weighted by atomic mass is 10.3. The number of hydrogen-bond donors (Lipinski definition) is 1. The Labute approximate surface area is 106 Å². The maximum Gasteiger partial charge on any atom is 0.153 e. The molecule has 0 aliphatic carbocycles. The Kier molecular flexibility index (Phi) is 5.89. The van der Waals surface area contributed by atoms with Gasteiger partial charge in [0.1, 0.15) is 0 Å². The van der Waals surface area contributed by atoms with Gasteiger partial charge in [-0.2, -0.15) is 0 Å². The van der Waals surface area contributed by atoms with Crippen molar-refractivity contribution in [3.8, 4) is 0 Å². The lowest BCUT2D eigenvalue weighted by Crippen LogP contribution is -2.40. The predicted octanol–water partition coefficient (Wildman–Crippen LogP) is 0.884. The van der Waals surface area contributed by atoms with Crippen LogP contribution in [0.15, 0.2) is 0 Å². The van der Waals surface area contributed by atoms with Crippen LogP contribution in [0.1, 0.15) is 33.6 Å². The van der Waals surface area contributed by atoms with Crippen molar-refractivity contribution < 1.29 is 8.42 Å². The van der Waals surface area contributed by atoms with E-state index in [9.17, 15) is 8.42 Å². The van der Waals surface area contributed by atoms with Crippen molar-refractivity contribution in [1.82, 2.24) is 10.2 Å². The summed E-state index contributed by atoms with van der Waals surface area (Å²) in [5.74, 6) is 0.247. The van der Waals surface area contributed by atoms with Gasteiger partial charge >= 0.3 is 0 Å². The van der Waals surface area contributed by atoms with Gasteiger partial charge in [-0.1, -0.05) is 0 Å². The first-order valence-corrected chi connectivity index (χ1v) is 8.31. The quantitative estimate of drug-likeness (QED) is 0.692. The van der Waals surface area contributed by atoms with Gasteiger partial charge in [0.05, 0.1) is 11.0 Å². The average Bonchev–Trinajstić information content (AvgIpc) is 2.77. The summed E-state index contributed by atoms with van der Waals surface area (Å²) < 4.78 is 23.2. The van der Waals surface area contributed by atoms with Crippen molar-refractivity contribution in [2.24, 2.45) is 0 Å². The summed E-state index contributed by atoms with van der Waals surface area (Å²) in [6.45, 7) is 9.51. The van der Waals surface area contributed by atoms with Crippen LogP contribution in [-0.2, 0) is 9.84 Å². The van der Waals surface area contributed by atoms with Crippen molar-refractivity contribution in [3.63, 3.8) is 0 Å². The highest BCUT2D eigenvalue weighted by Gasteiger charge is 2.18. The third-order valence-electron chi connectivity index (χ3n) is 3.49. The van der Waals surface area contributed by atoms with Crippen molar-refractivity contribution in [1.29, 1.82) is 0 Å². The number of hydrogen-bond acceptors (Lipinski definition) is 4. The van der Waals surface area contributed by atoms with Crippen molar-refractivity contribution >= 4 is 9.84 Å². The lowest BCUT2D eigenvalue weighted by molar-refractivity contribution is 0.253. The number of rotatable bonds is 7. The number of nitrogens with one attached hydrogen (secondary N) is 1. The van der Waals surface area contributed by atoms with E-state index < -0.39 is 9.84 Å². The Bertz CT molecular complexity index is 308. The van der Waals surface area contributed by atoms with E-state index >= 15 is 0 Å². The van der Waals surface area contributed by atoms with Gasteiger partial charge in [-0.25, -0.2) is 8.42 Å². The molecule has 102 valence electrons. The molecule has 1 saturated heterocycles. The average molecular weight is 262 g/mol. The van der Waals surface area contributed by atoms with Crippen LogP contribution in [0.4, 0.5) is 0 Å². The third-order valence-corrected chi connectivity index (χ3v) is 5.69. The van der Waals surface area contributed by atoms with Gasteiger partial charge in [-0.05, 0) is 46.7 Å². The summed E-state index contributed by atoms with van der Waals surface area (Å²) in [4.78, 5) is 2.46. The van der Waals surface area contributed by atoms with Crippen LogP contribution in [0.3, 0.4) is 0 Å². The second-order valence-corrected chi connectivity index (χ2v) is 7.89. The van der Waals surface area contributed by atoms with Crippen LogP contribution >= 0.6 is 0 Å². The first-order valence-electron chi connectivity index (χ1n) is 6.60. The molecule has 0 spiro atoms. The Balaban J connectivity index is 2.15. The highest BCUT2D eigenvalue weighted by molar-refractivity contribution is 7.92. The Morgan fingerprint density at radius 2 is 1.76 bits per heavy atom. The fourth-order valence-electron chi connectivity index (χ4n) is 2.07. The molecule has 0 radical (unpaired) electrons. The minimum atomic E-state index is -2.89. The zero-order valence-electron chi connectivity index (χ0n) is 11.3. The standard InChI is InChI=1S/C12H26N2O2S/c1-11(2)17(15,16)9-6-13-10-12(3)14-7-4-5-8-14/h11-13H,4-10H2,1-3H3. The lowest BCUT2D eigenvalue weighted by Gasteiger charge is -2.24. The molecule has 5 heteroatoms. The monoisotopic (exact) mass is 262 g/mol. The summed E-state index contributed by atoms with van der Waals surface area (Å²) in [6.07, 6.45) is 2.60. The van der Waals surface area contributed by atoms with Gasteiger partial charge in [0.15, 0.2) is 9.84 Å². The second-order valence-electron chi connectivity index (χ2n) is 5.21. The zero-order chi connectivity index (χ0) is 12.9. The summed E-state index contributed by atoms with van der Waals surface area (Å²) in [5, 5.41) is 2.99. The first kappa shape index (κ1) is 14.9. The maximum absolute atomic E-state index is 11.6. The Morgan fingerprint density at radius 3 is 2.29 bits per heavy atom. The van der Waals surface area contributed by atoms with Gasteiger partial charge in [0.25, 0.3) is 0 Å². The molecule has 1 rings (SSSR count). The van der Waals surface area contributed by atoms with Crippen LogP contribution in [0, 0.1) is 0 Å². The molecule has 0 amide bonds. The molecule has 0 aromatic rings. The topological polar surface area (TPSA) is 49.4 Å². The molecular formula is C12H26N2O2S. The van der Waals surface area contributed by atoms with E-state index in [0.717, 1.165) is 6.54 Å². The molecule has 17 heavy (non-hydrogen) atoms. The van der Waals surface area contributed by atoms with Gasteiger partial charge < -0.3 is 5.32 Å². The molecule has 1 aliphatic heterocycles. The van der Waals surface area contributed by atoms with E-state index in [2.05, 4.69) is 17.1 Å². The molecule has 1 unspecified atom stereocenters. The number of nitrogens with zero attached hydrogens (tertiary/aromatic N) is 1. The molecule has 1 aliphatic rings. The van der Waals surface area contributed by atoms with Crippen LogP contribution in [0.2, 0.25) is 0 Å². The summed E-state index contributed by atoms with van der Waals surface area (Å²) in [5.41, 5.74) is 0. The maximum atomic E-state index is 11.6. The fraction of sp³-hybridized carbons (Fsp3) is 1.00. The SMILES string of the molecule is CC(CNCCS(=O)(=O)C(C)C)N1CCCC1. The van der Waals surface area contributed by atoms with Gasteiger partial charge in [-0.15, -0.1) is 0 Å². The molecule has 4 nitrogen and oxygen atoms in total. The summed E-state index contributed by atoms with van der Waals surface area (Å²) >= 11 is 0. The number of sulfone groups is 1. The molecule has 1 heterocycles. The molecule has 0 saturated carbocycles. The minimum absolute atomic E-state index is 0.247. The summed E-state index contributed by atoms with van der Waals surface area (Å²) in [7, 11) is -2.89. The largest absolute Gasteiger partial charge is 0.314 e. The molecule has 1 atom stereocenters. The first-order chi connectivity index (χ1) is 7.93.